The Hall–Kier alpha value is -1.41. The second-order valence-electron chi connectivity index (χ2n) is 2.79. The van der Waals surface area contributed by atoms with Gasteiger partial charge in [-0.05, 0) is 40.9 Å². The quantitative estimate of drug-likeness (QED) is 0.779. The summed E-state index contributed by atoms with van der Waals surface area (Å²) in [5.74, 6) is -1.09. The van der Waals surface area contributed by atoms with Crippen LogP contribution in [0.3, 0.4) is 0 Å². The van der Waals surface area contributed by atoms with Crippen LogP contribution in [0.1, 0.15) is 27.2 Å². The number of aromatic nitrogens is 1. The Balaban J connectivity index is 3.58. The lowest BCUT2D eigenvalue weighted by atomic mass is 10.0. The Labute approximate surface area is 89.3 Å². The zero-order valence-electron chi connectivity index (χ0n) is 7.63. The molecule has 1 heterocycles. The zero-order chi connectivity index (χ0) is 10.9. The largest absolute Gasteiger partial charge is 0.477 e. The number of halogens is 1. The van der Waals surface area contributed by atoms with Crippen molar-refractivity contribution < 1.29 is 9.90 Å². The average molecular weight is 255 g/mol. The van der Waals surface area contributed by atoms with Crippen LogP contribution in [0.4, 0.5) is 0 Å². The molecule has 1 aromatic rings. The molecule has 0 amide bonds. The van der Waals surface area contributed by atoms with Crippen molar-refractivity contribution in [2.24, 2.45) is 0 Å². The van der Waals surface area contributed by atoms with E-state index in [-0.39, 0.29) is 10.3 Å². The van der Waals surface area contributed by atoms with E-state index >= 15 is 0 Å². The summed E-state index contributed by atoms with van der Waals surface area (Å²) in [4.78, 5) is 14.6. The number of rotatable bonds is 1. The van der Waals surface area contributed by atoms with Crippen LogP contribution in [0.15, 0.2) is 4.60 Å². The number of hydrogen-bond acceptors (Lipinski definition) is 3. The summed E-state index contributed by atoms with van der Waals surface area (Å²) in [6, 6.07) is 1.97. The summed E-state index contributed by atoms with van der Waals surface area (Å²) < 4.78 is 0.278. The van der Waals surface area contributed by atoms with E-state index in [0.717, 1.165) is 0 Å². The van der Waals surface area contributed by atoms with Crippen molar-refractivity contribution in [3.63, 3.8) is 0 Å². The third-order valence-corrected chi connectivity index (χ3v) is 2.60. The normalized spacial score (nSPS) is 9.57. The fourth-order valence-corrected chi connectivity index (χ4v) is 1.66. The molecule has 0 radical (unpaired) electrons. The lowest BCUT2D eigenvalue weighted by molar-refractivity contribution is 0.0689. The summed E-state index contributed by atoms with van der Waals surface area (Å²) in [5.41, 5.74) is 1.53. The number of carbonyl (C=O) groups is 1. The molecule has 0 spiro atoms. The van der Waals surface area contributed by atoms with Gasteiger partial charge in [0.2, 0.25) is 0 Å². The fraction of sp³-hybridized carbons (Fsp3) is 0.222. The first-order valence-electron chi connectivity index (χ1n) is 3.79. The first kappa shape index (κ1) is 10.7. The zero-order valence-corrected chi connectivity index (χ0v) is 9.21. The molecule has 0 atom stereocenters. The monoisotopic (exact) mass is 254 g/mol. The van der Waals surface area contributed by atoms with Crippen LogP contribution in [-0.4, -0.2) is 16.1 Å². The van der Waals surface area contributed by atoms with Crippen molar-refractivity contribution in [1.29, 1.82) is 5.26 Å². The minimum Gasteiger partial charge on any atom is -0.477 e. The van der Waals surface area contributed by atoms with Crippen molar-refractivity contribution in [3.8, 4) is 6.07 Å². The van der Waals surface area contributed by atoms with E-state index in [0.29, 0.717) is 16.7 Å². The lowest BCUT2D eigenvalue weighted by Crippen LogP contribution is -2.07. The molecule has 72 valence electrons. The highest BCUT2D eigenvalue weighted by molar-refractivity contribution is 9.10. The molecule has 0 aliphatic carbocycles. The Bertz CT molecular complexity index is 449. The lowest BCUT2D eigenvalue weighted by Gasteiger charge is -2.07. The molecule has 4 nitrogen and oxygen atoms in total. The molecule has 0 saturated carbocycles. The fourth-order valence-electron chi connectivity index (χ4n) is 1.10. The molecule has 0 bridgehead atoms. The Kier molecular flexibility index (Phi) is 2.87. The van der Waals surface area contributed by atoms with E-state index in [1.807, 2.05) is 6.07 Å². The van der Waals surface area contributed by atoms with E-state index in [2.05, 4.69) is 20.9 Å². The van der Waals surface area contributed by atoms with Crippen LogP contribution >= 0.6 is 15.9 Å². The number of pyridine rings is 1. The van der Waals surface area contributed by atoms with Crippen LogP contribution in [0.25, 0.3) is 0 Å². The molecule has 0 unspecified atom stereocenters. The first-order chi connectivity index (χ1) is 6.49. The predicted molar refractivity (Wildman–Crippen MR) is 53.1 cm³/mol. The van der Waals surface area contributed by atoms with Gasteiger partial charge in [0.25, 0.3) is 0 Å². The molecule has 0 fully saturated rings. The second kappa shape index (κ2) is 3.76. The molecule has 1 rings (SSSR count). The van der Waals surface area contributed by atoms with Gasteiger partial charge in [-0.15, -0.1) is 0 Å². The summed E-state index contributed by atoms with van der Waals surface area (Å²) in [6.45, 7) is 3.34. The van der Waals surface area contributed by atoms with Gasteiger partial charge in [-0.2, -0.15) is 5.26 Å². The van der Waals surface area contributed by atoms with Gasteiger partial charge >= 0.3 is 5.97 Å². The molecule has 0 aliphatic rings. The van der Waals surface area contributed by atoms with Crippen molar-refractivity contribution in [2.75, 3.05) is 0 Å². The molecule has 5 heteroatoms. The minimum atomic E-state index is -1.09. The number of carboxylic acid groups (broad SMARTS) is 1. The highest BCUT2D eigenvalue weighted by Crippen LogP contribution is 2.22. The Morgan fingerprint density at radius 1 is 1.50 bits per heavy atom. The van der Waals surface area contributed by atoms with Crippen LogP contribution in [0.2, 0.25) is 0 Å². The Morgan fingerprint density at radius 3 is 2.50 bits per heavy atom. The van der Waals surface area contributed by atoms with Crippen LogP contribution in [0.5, 0.6) is 0 Å². The summed E-state index contributed by atoms with van der Waals surface area (Å²) in [5, 5.41) is 17.6. The third-order valence-electron chi connectivity index (χ3n) is 2.02. The van der Waals surface area contributed by atoms with Gasteiger partial charge in [0.05, 0.1) is 5.56 Å². The van der Waals surface area contributed by atoms with E-state index < -0.39 is 5.97 Å². The van der Waals surface area contributed by atoms with Gasteiger partial charge in [-0.3, -0.25) is 0 Å². The first-order valence-corrected chi connectivity index (χ1v) is 4.58. The molecule has 14 heavy (non-hydrogen) atoms. The van der Waals surface area contributed by atoms with Crippen LogP contribution in [0, 0.1) is 25.2 Å². The topological polar surface area (TPSA) is 74.0 Å². The summed E-state index contributed by atoms with van der Waals surface area (Å²) >= 11 is 3.06. The van der Waals surface area contributed by atoms with E-state index in [1.54, 1.807) is 13.8 Å². The third kappa shape index (κ3) is 1.61. The maximum atomic E-state index is 10.8. The number of hydrogen-bond donors (Lipinski definition) is 1. The van der Waals surface area contributed by atoms with Crippen molar-refractivity contribution >= 4 is 21.9 Å². The maximum absolute atomic E-state index is 10.8. The van der Waals surface area contributed by atoms with Gasteiger partial charge in [0.15, 0.2) is 5.69 Å². The van der Waals surface area contributed by atoms with Crippen LogP contribution < -0.4 is 0 Å². The van der Waals surface area contributed by atoms with Gasteiger partial charge in [0, 0.05) is 0 Å². The molecule has 0 saturated heterocycles. The molecule has 1 N–H and O–H groups in total. The number of aromatic carboxylic acids is 1. The molecule has 1 aromatic heterocycles. The number of carboxylic acids is 1. The van der Waals surface area contributed by atoms with Gasteiger partial charge in [0.1, 0.15) is 10.7 Å². The Morgan fingerprint density at radius 2 is 2.07 bits per heavy atom. The van der Waals surface area contributed by atoms with Gasteiger partial charge in [-0.25, -0.2) is 9.78 Å². The van der Waals surface area contributed by atoms with Crippen molar-refractivity contribution in [2.45, 2.75) is 13.8 Å². The second-order valence-corrected chi connectivity index (χ2v) is 3.54. The summed E-state index contributed by atoms with van der Waals surface area (Å²) in [6.07, 6.45) is 0. The van der Waals surface area contributed by atoms with E-state index in [4.69, 9.17) is 10.4 Å². The number of nitrogens with zero attached hydrogens (tertiary/aromatic N) is 2. The van der Waals surface area contributed by atoms with Crippen molar-refractivity contribution in [1.82, 2.24) is 4.98 Å². The molecular weight excluding hydrogens is 248 g/mol. The standard InChI is InChI=1S/C9H7BrN2O2/c1-4-5(2)7(9(13)14)12-8(10)6(4)3-11/h1-2H3,(H,13,14). The predicted octanol–water partition coefficient (Wildman–Crippen LogP) is 2.03. The summed E-state index contributed by atoms with van der Waals surface area (Å²) in [7, 11) is 0. The SMILES string of the molecule is Cc1c(C(=O)O)nc(Br)c(C#N)c1C. The van der Waals surface area contributed by atoms with E-state index in [9.17, 15) is 4.79 Å². The molecule has 0 aliphatic heterocycles. The van der Waals surface area contributed by atoms with Crippen LogP contribution in [-0.2, 0) is 0 Å². The number of nitriles is 1. The van der Waals surface area contributed by atoms with Gasteiger partial charge < -0.3 is 5.11 Å². The molecule has 0 aromatic carbocycles. The average Bonchev–Trinajstić information content (AvgIpc) is 2.12. The van der Waals surface area contributed by atoms with E-state index in [1.165, 1.54) is 0 Å². The smallest absolute Gasteiger partial charge is 0.354 e. The maximum Gasteiger partial charge on any atom is 0.354 e. The highest BCUT2D eigenvalue weighted by Gasteiger charge is 2.16. The minimum absolute atomic E-state index is 0.0200. The highest BCUT2D eigenvalue weighted by atomic mass is 79.9. The van der Waals surface area contributed by atoms with Gasteiger partial charge in [-0.1, -0.05) is 0 Å². The molecular formula is C9H7BrN2O2. The van der Waals surface area contributed by atoms with Crippen molar-refractivity contribution in [3.05, 3.63) is 27.0 Å².